The first-order valence-corrected chi connectivity index (χ1v) is 6.70. The van der Waals surface area contributed by atoms with Gasteiger partial charge in [-0.25, -0.2) is 0 Å². The number of hydrogen-bond acceptors (Lipinski definition) is 7. The molecule has 0 spiro atoms. The highest BCUT2D eigenvalue weighted by Crippen LogP contribution is 2.07. The molecule has 0 aromatic heterocycles. The van der Waals surface area contributed by atoms with E-state index in [2.05, 4.69) is 5.18 Å². The van der Waals surface area contributed by atoms with E-state index in [1.165, 1.54) is 0 Å². The fraction of sp³-hybridized carbons (Fsp3) is 0.923. The van der Waals surface area contributed by atoms with E-state index in [9.17, 15) is 9.70 Å². The van der Waals surface area contributed by atoms with Crippen LogP contribution in [0.15, 0.2) is 5.18 Å². The Bertz CT molecular complexity index is 264. The van der Waals surface area contributed by atoms with Crippen molar-refractivity contribution in [2.75, 3.05) is 46.2 Å². The number of carbonyl (C=O) groups is 1. The number of carbonyl (C=O) groups excluding carboxylic acids is 1. The minimum atomic E-state index is -0.459. The summed E-state index contributed by atoms with van der Waals surface area (Å²) in [6, 6.07) is 0. The molecule has 0 radical (unpaired) electrons. The van der Waals surface area contributed by atoms with E-state index < -0.39 is 5.60 Å². The maximum atomic E-state index is 11.3. The molecule has 0 atom stereocenters. The molecule has 20 heavy (non-hydrogen) atoms. The molecule has 0 aromatic rings. The molecule has 7 heteroatoms. The van der Waals surface area contributed by atoms with Crippen molar-refractivity contribution in [1.29, 1.82) is 0 Å². The van der Waals surface area contributed by atoms with Crippen molar-refractivity contribution in [2.45, 2.75) is 32.8 Å². The molecule has 0 N–H and O–H groups in total. The molecule has 0 fully saturated rings. The fourth-order valence-electron chi connectivity index (χ4n) is 1.19. The molecule has 0 saturated carbocycles. The molecule has 118 valence electrons. The second-order valence-corrected chi connectivity index (χ2v) is 5.03. The van der Waals surface area contributed by atoms with Gasteiger partial charge in [0.1, 0.15) is 12.1 Å². The monoisotopic (exact) mass is 291 g/mol. The van der Waals surface area contributed by atoms with Crippen LogP contribution in [0.1, 0.15) is 27.2 Å². The van der Waals surface area contributed by atoms with Gasteiger partial charge in [-0.15, -0.1) is 0 Å². The molecular formula is C13H25NO6. The van der Waals surface area contributed by atoms with E-state index in [0.717, 1.165) is 0 Å². The second-order valence-electron chi connectivity index (χ2n) is 5.03. The van der Waals surface area contributed by atoms with Gasteiger partial charge >= 0.3 is 5.97 Å². The van der Waals surface area contributed by atoms with E-state index in [0.29, 0.717) is 39.6 Å². The Kier molecular flexibility index (Phi) is 11.1. The Morgan fingerprint density at radius 2 is 1.40 bits per heavy atom. The van der Waals surface area contributed by atoms with Gasteiger partial charge in [0, 0.05) is 0 Å². The number of ether oxygens (including phenoxy) is 4. The van der Waals surface area contributed by atoms with Gasteiger partial charge in [0.2, 0.25) is 0 Å². The van der Waals surface area contributed by atoms with Gasteiger partial charge in [-0.3, -0.25) is 4.79 Å². The van der Waals surface area contributed by atoms with Gasteiger partial charge in [0.05, 0.1) is 46.1 Å². The van der Waals surface area contributed by atoms with E-state index in [-0.39, 0.29) is 18.9 Å². The lowest BCUT2D eigenvalue weighted by atomic mass is 10.2. The molecule has 0 heterocycles. The van der Waals surface area contributed by atoms with Crippen LogP contribution in [-0.4, -0.2) is 57.8 Å². The molecule has 0 bridgehead atoms. The predicted molar refractivity (Wildman–Crippen MR) is 73.6 cm³/mol. The topological polar surface area (TPSA) is 83.4 Å². The lowest BCUT2D eigenvalue weighted by Crippen LogP contribution is -2.24. The Balaban J connectivity index is 3.20. The molecular weight excluding hydrogens is 266 g/mol. The molecule has 0 aliphatic heterocycles. The summed E-state index contributed by atoms with van der Waals surface area (Å²) in [6.07, 6.45) is 0.235. The van der Waals surface area contributed by atoms with Crippen LogP contribution in [0.2, 0.25) is 0 Å². The molecule has 0 aliphatic carbocycles. The van der Waals surface area contributed by atoms with Crippen molar-refractivity contribution in [2.24, 2.45) is 5.18 Å². The van der Waals surface area contributed by atoms with E-state index in [1.54, 1.807) is 0 Å². The molecule has 0 aromatic carbocycles. The van der Waals surface area contributed by atoms with E-state index in [1.807, 2.05) is 20.8 Å². The van der Waals surface area contributed by atoms with Crippen molar-refractivity contribution < 1.29 is 23.7 Å². The quantitative estimate of drug-likeness (QED) is 0.308. The fourth-order valence-corrected chi connectivity index (χ4v) is 1.19. The van der Waals surface area contributed by atoms with E-state index in [4.69, 9.17) is 18.9 Å². The number of nitroso groups, excluding NO2 is 1. The van der Waals surface area contributed by atoms with Gasteiger partial charge in [-0.05, 0) is 20.8 Å². The molecule has 0 aliphatic rings. The normalized spacial score (nSPS) is 11.3. The van der Waals surface area contributed by atoms with Gasteiger partial charge in [-0.1, -0.05) is 5.18 Å². The molecule has 0 rings (SSSR count). The summed E-state index contributed by atoms with van der Waals surface area (Å²) in [4.78, 5) is 21.1. The minimum absolute atomic E-state index is 0.160. The first kappa shape index (κ1) is 18.9. The van der Waals surface area contributed by atoms with Gasteiger partial charge in [0.15, 0.2) is 0 Å². The zero-order valence-electron chi connectivity index (χ0n) is 12.6. The minimum Gasteiger partial charge on any atom is -0.460 e. The first-order valence-electron chi connectivity index (χ1n) is 6.70. The predicted octanol–water partition coefficient (Wildman–Crippen LogP) is 1.53. The summed E-state index contributed by atoms with van der Waals surface area (Å²) in [5.41, 5.74) is -0.459. The van der Waals surface area contributed by atoms with Crippen molar-refractivity contribution in [3.8, 4) is 0 Å². The third-order valence-electron chi connectivity index (χ3n) is 1.94. The van der Waals surface area contributed by atoms with Gasteiger partial charge in [-0.2, -0.15) is 4.91 Å². The smallest absolute Gasteiger partial charge is 0.308 e. The van der Waals surface area contributed by atoms with Gasteiger partial charge < -0.3 is 18.9 Å². The number of esters is 1. The average Bonchev–Trinajstić information content (AvgIpc) is 2.34. The SMILES string of the molecule is CC(C)(C)OC(=O)CCOCCOCCOCCN=O. The molecule has 0 amide bonds. The van der Waals surface area contributed by atoms with Crippen molar-refractivity contribution in [3.05, 3.63) is 4.91 Å². The number of rotatable bonds is 12. The van der Waals surface area contributed by atoms with Crippen LogP contribution >= 0.6 is 0 Å². The Morgan fingerprint density at radius 3 is 1.90 bits per heavy atom. The Morgan fingerprint density at radius 1 is 0.900 bits per heavy atom. The maximum Gasteiger partial charge on any atom is 0.308 e. The summed E-state index contributed by atoms with van der Waals surface area (Å²) in [7, 11) is 0. The second kappa shape index (κ2) is 11.7. The number of nitrogens with zero attached hydrogens (tertiary/aromatic N) is 1. The summed E-state index contributed by atoms with van der Waals surface area (Å²) in [5, 5.41) is 2.67. The molecule has 0 saturated heterocycles. The molecule has 0 unspecified atom stereocenters. The third kappa shape index (κ3) is 15.0. The van der Waals surface area contributed by atoms with Crippen LogP contribution in [-0.2, 0) is 23.7 Å². The largest absolute Gasteiger partial charge is 0.460 e. The Labute approximate surface area is 119 Å². The summed E-state index contributed by atoms with van der Waals surface area (Å²) in [5.74, 6) is -0.268. The summed E-state index contributed by atoms with van der Waals surface area (Å²) in [6.45, 7) is 7.99. The zero-order chi connectivity index (χ0) is 15.3. The van der Waals surface area contributed by atoms with Crippen molar-refractivity contribution in [1.82, 2.24) is 0 Å². The summed E-state index contributed by atoms with van der Waals surface area (Å²) < 4.78 is 20.7. The highest BCUT2D eigenvalue weighted by atomic mass is 16.6. The highest BCUT2D eigenvalue weighted by molar-refractivity contribution is 5.69. The third-order valence-corrected chi connectivity index (χ3v) is 1.94. The van der Waals surface area contributed by atoms with Crippen molar-refractivity contribution in [3.63, 3.8) is 0 Å². The van der Waals surface area contributed by atoms with Crippen LogP contribution in [0.25, 0.3) is 0 Å². The standard InChI is InChI=1S/C13H25NO6/c1-13(2,3)20-12(15)4-6-17-8-10-19-11-9-18-7-5-14-16/h4-11H2,1-3H3. The maximum absolute atomic E-state index is 11.3. The van der Waals surface area contributed by atoms with Crippen LogP contribution < -0.4 is 0 Å². The van der Waals surface area contributed by atoms with Crippen LogP contribution in [0.4, 0.5) is 0 Å². The van der Waals surface area contributed by atoms with Gasteiger partial charge in [0.25, 0.3) is 0 Å². The Hall–Kier alpha value is -1.05. The lowest BCUT2D eigenvalue weighted by Gasteiger charge is -2.19. The summed E-state index contributed by atoms with van der Waals surface area (Å²) >= 11 is 0. The molecule has 7 nitrogen and oxygen atoms in total. The first-order chi connectivity index (χ1) is 9.45. The lowest BCUT2D eigenvalue weighted by molar-refractivity contribution is -0.156. The average molecular weight is 291 g/mol. The van der Waals surface area contributed by atoms with Crippen molar-refractivity contribution >= 4 is 5.97 Å². The van der Waals surface area contributed by atoms with Crippen LogP contribution in [0.3, 0.4) is 0 Å². The van der Waals surface area contributed by atoms with Crippen LogP contribution in [0.5, 0.6) is 0 Å². The van der Waals surface area contributed by atoms with E-state index >= 15 is 0 Å². The zero-order valence-corrected chi connectivity index (χ0v) is 12.6. The highest BCUT2D eigenvalue weighted by Gasteiger charge is 2.15. The number of hydrogen-bond donors (Lipinski definition) is 0. The van der Waals surface area contributed by atoms with Crippen LogP contribution in [0, 0.1) is 4.91 Å².